The fraction of sp³-hybridized carbons (Fsp3) is 0.522. The molecular formula is C23H25F4N3O2. The number of carbonyl (C=O) groups is 1. The summed E-state index contributed by atoms with van der Waals surface area (Å²) in [5.41, 5.74) is 5.96. The number of hydrogen-bond donors (Lipinski definition) is 2. The highest BCUT2D eigenvalue weighted by Gasteiger charge is 2.46. The Morgan fingerprint density at radius 3 is 2.84 bits per heavy atom. The molecule has 2 aromatic rings. The molecule has 4 unspecified atom stereocenters. The Morgan fingerprint density at radius 1 is 1.34 bits per heavy atom. The average molecular weight is 451 g/mol. The topological polar surface area (TPSA) is 57.5 Å². The minimum Gasteiger partial charge on any atom is -0.394 e. The van der Waals surface area contributed by atoms with Gasteiger partial charge in [-0.05, 0) is 49.1 Å². The number of halogens is 4. The summed E-state index contributed by atoms with van der Waals surface area (Å²) in [5, 5.41) is 12.5. The molecule has 0 fully saturated rings. The van der Waals surface area contributed by atoms with Gasteiger partial charge in [0.05, 0.1) is 18.6 Å². The fourth-order valence-corrected chi connectivity index (χ4v) is 5.61. The molecule has 4 atom stereocenters. The normalized spacial score (nSPS) is 24.6. The van der Waals surface area contributed by atoms with Crippen LogP contribution in [0, 0.1) is 5.92 Å². The number of amides is 1. The SMILES string of the molecule is CN1CC(C(=O)NC(CO)C(F)C(F)(F)F)C=C2c3cccc4c3c(c3n4CCC3)CC21. The zero-order chi connectivity index (χ0) is 22.8. The molecule has 1 aromatic heterocycles. The summed E-state index contributed by atoms with van der Waals surface area (Å²) in [6, 6.07) is 4.19. The number of carbonyl (C=O) groups excluding carboxylic acids is 1. The predicted molar refractivity (Wildman–Crippen MR) is 112 cm³/mol. The molecule has 0 saturated heterocycles. The second kappa shape index (κ2) is 7.59. The van der Waals surface area contributed by atoms with Crippen molar-refractivity contribution in [2.75, 3.05) is 20.2 Å². The van der Waals surface area contributed by atoms with Gasteiger partial charge < -0.3 is 15.0 Å². The molecule has 5 nitrogen and oxygen atoms in total. The Labute approximate surface area is 182 Å². The van der Waals surface area contributed by atoms with Crippen molar-refractivity contribution in [3.8, 4) is 0 Å². The number of aromatic nitrogens is 1. The minimum absolute atomic E-state index is 0.0718. The molecule has 3 heterocycles. The molecule has 2 aliphatic heterocycles. The van der Waals surface area contributed by atoms with Gasteiger partial charge in [0.15, 0.2) is 0 Å². The second-order valence-corrected chi connectivity index (χ2v) is 9.01. The van der Waals surface area contributed by atoms with E-state index in [2.05, 4.69) is 16.0 Å². The van der Waals surface area contributed by atoms with Crippen molar-refractivity contribution in [2.45, 2.75) is 50.2 Å². The molecule has 0 saturated carbocycles. The summed E-state index contributed by atoms with van der Waals surface area (Å²) in [5.74, 6) is -1.46. The Kier molecular flexibility index (Phi) is 5.09. The smallest absolute Gasteiger partial charge is 0.394 e. The van der Waals surface area contributed by atoms with Crippen LogP contribution in [0.15, 0.2) is 24.3 Å². The number of aliphatic hydroxyl groups excluding tert-OH is 1. The van der Waals surface area contributed by atoms with E-state index in [9.17, 15) is 27.5 Å². The van der Waals surface area contributed by atoms with Gasteiger partial charge in [0.25, 0.3) is 0 Å². The van der Waals surface area contributed by atoms with Crippen LogP contribution in [-0.2, 0) is 24.2 Å². The standard InChI is InChI=1S/C23H25F4N3O2/c1-29-10-12(22(32)28-16(11-31)21(24)23(25,26)27)8-14-13-4-2-5-18-20(13)15(9-19(14)29)17-6-3-7-30(17)18/h2,4-5,8,12,16,19,21,31H,3,6-7,9-11H2,1H3,(H,28,32). The summed E-state index contributed by atoms with van der Waals surface area (Å²) in [6.45, 7) is 0.168. The maximum atomic E-state index is 13.7. The monoisotopic (exact) mass is 451 g/mol. The highest BCUT2D eigenvalue weighted by Crippen LogP contribution is 2.44. The first-order chi connectivity index (χ1) is 15.2. The summed E-state index contributed by atoms with van der Waals surface area (Å²) < 4.78 is 54.3. The molecule has 0 bridgehead atoms. The van der Waals surface area contributed by atoms with Crippen LogP contribution >= 0.6 is 0 Å². The lowest BCUT2D eigenvalue weighted by atomic mass is 9.79. The summed E-state index contributed by atoms with van der Waals surface area (Å²) in [4.78, 5) is 14.8. The van der Waals surface area contributed by atoms with Gasteiger partial charge in [0, 0.05) is 35.7 Å². The lowest BCUT2D eigenvalue weighted by molar-refractivity contribution is -0.191. The van der Waals surface area contributed by atoms with Gasteiger partial charge in [-0.3, -0.25) is 9.69 Å². The van der Waals surface area contributed by atoms with Crippen molar-refractivity contribution in [1.29, 1.82) is 0 Å². The first-order valence-corrected chi connectivity index (χ1v) is 10.9. The third-order valence-electron chi connectivity index (χ3n) is 7.10. The van der Waals surface area contributed by atoms with Gasteiger partial charge in [0.2, 0.25) is 12.1 Å². The largest absolute Gasteiger partial charge is 0.421 e. The average Bonchev–Trinajstić information content (AvgIpc) is 3.34. The lowest BCUT2D eigenvalue weighted by Crippen LogP contribution is -2.53. The van der Waals surface area contributed by atoms with E-state index >= 15 is 0 Å². The van der Waals surface area contributed by atoms with E-state index in [4.69, 9.17) is 0 Å². The number of alkyl halides is 4. The molecule has 5 rings (SSSR count). The van der Waals surface area contributed by atoms with E-state index in [1.165, 1.54) is 22.2 Å². The highest BCUT2D eigenvalue weighted by molar-refractivity contribution is 6.00. The van der Waals surface area contributed by atoms with Gasteiger partial charge in [-0.2, -0.15) is 13.2 Å². The van der Waals surface area contributed by atoms with Gasteiger partial charge in [-0.15, -0.1) is 0 Å². The van der Waals surface area contributed by atoms with Crippen molar-refractivity contribution < 1.29 is 27.5 Å². The van der Waals surface area contributed by atoms with Crippen molar-refractivity contribution in [1.82, 2.24) is 14.8 Å². The number of fused-ring (bicyclic) bond motifs is 5. The number of benzene rings is 1. The molecule has 0 spiro atoms. The Hall–Kier alpha value is -2.39. The number of hydrogen-bond acceptors (Lipinski definition) is 3. The van der Waals surface area contributed by atoms with Crippen molar-refractivity contribution in [3.05, 3.63) is 41.1 Å². The molecular weight excluding hydrogens is 426 g/mol. The van der Waals surface area contributed by atoms with Gasteiger partial charge >= 0.3 is 6.18 Å². The van der Waals surface area contributed by atoms with E-state index in [0.29, 0.717) is 6.54 Å². The maximum Gasteiger partial charge on any atom is 0.421 e. The Bertz CT molecular complexity index is 1110. The van der Waals surface area contributed by atoms with Crippen LogP contribution < -0.4 is 5.32 Å². The highest BCUT2D eigenvalue weighted by atomic mass is 19.4. The number of likely N-dealkylation sites (N-methyl/N-ethyl adjacent to an activating group) is 1. The summed E-state index contributed by atoms with van der Waals surface area (Å²) in [7, 11) is 1.90. The van der Waals surface area contributed by atoms with Crippen LogP contribution in [-0.4, -0.2) is 65.1 Å². The Morgan fingerprint density at radius 2 is 2.12 bits per heavy atom. The zero-order valence-electron chi connectivity index (χ0n) is 17.6. The first-order valence-electron chi connectivity index (χ1n) is 10.9. The number of rotatable bonds is 4. The van der Waals surface area contributed by atoms with Crippen molar-refractivity contribution in [2.24, 2.45) is 5.92 Å². The van der Waals surface area contributed by atoms with E-state index in [1.807, 2.05) is 30.2 Å². The van der Waals surface area contributed by atoms with Crippen LogP contribution in [0.25, 0.3) is 16.5 Å². The van der Waals surface area contributed by atoms with Crippen molar-refractivity contribution in [3.63, 3.8) is 0 Å². The number of nitrogens with zero attached hydrogens (tertiary/aromatic N) is 2. The van der Waals surface area contributed by atoms with Crippen LogP contribution in [0.2, 0.25) is 0 Å². The van der Waals surface area contributed by atoms with E-state index in [-0.39, 0.29) is 6.04 Å². The fourth-order valence-electron chi connectivity index (χ4n) is 5.61. The summed E-state index contributed by atoms with van der Waals surface area (Å²) >= 11 is 0. The molecule has 0 radical (unpaired) electrons. The van der Waals surface area contributed by atoms with E-state index < -0.39 is 36.8 Å². The van der Waals surface area contributed by atoms with E-state index in [1.54, 1.807) is 0 Å². The van der Waals surface area contributed by atoms with Gasteiger partial charge in [0.1, 0.15) is 0 Å². The predicted octanol–water partition coefficient (Wildman–Crippen LogP) is 2.83. The van der Waals surface area contributed by atoms with E-state index in [0.717, 1.165) is 36.9 Å². The zero-order valence-corrected chi connectivity index (χ0v) is 17.6. The molecule has 9 heteroatoms. The van der Waals surface area contributed by atoms with Crippen LogP contribution in [0.1, 0.15) is 23.2 Å². The number of aliphatic hydroxyl groups is 1. The molecule has 3 aliphatic rings. The molecule has 1 aromatic carbocycles. The van der Waals surface area contributed by atoms with Gasteiger partial charge in [-0.1, -0.05) is 18.2 Å². The molecule has 172 valence electrons. The summed E-state index contributed by atoms with van der Waals surface area (Å²) in [6.07, 6.45) is -3.65. The maximum absolute atomic E-state index is 13.7. The number of nitrogens with one attached hydrogen (secondary N) is 1. The molecule has 2 N–H and O–H groups in total. The quantitative estimate of drug-likeness (QED) is 0.703. The molecule has 1 aliphatic carbocycles. The van der Waals surface area contributed by atoms with Crippen LogP contribution in [0.5, 0.6) is 0 Å². The first kappa shape index (κ1) is 21.5. The molecule has 32 heavy (non-hydrogen) atoms. The second-order valence-electron chi connectivity index (χ2n) is 9.01. The third-order valence-corrected chi connectivity index (χ3v) is 7.10. The van der Waals surface area contributed by atoms with Gasteiger partial charge in [-0.25, -0.2) is 4.39 Å². The third kappa shape index (κ3) is 3.25. The Balaban J connectivity index is 1.49. The van der Waals surface area contributed by atoms with Crippen molar-refractivity contribution >= 4 is 22.4 Å². The molecule has 1 amide bonds. The van der Waals surface area contributed by atoms with Crippen LogP contribution in [0.4, 0.5) is 17.6 Å². The van der Waals surface area contributed by atoms with Crippen LogP contribution in [0.3, 0.4) is 0 Å². The minimum atomic E-state index is -5.15. The number of aryl methyl sites for hydroxylation is 1. The lowest BCUT2D eigenvalue weighted by Gasteiger charge is -2.40.